The molecule has 2 aromatic rings. The minimum atomic E-state index is -3.55. The van der Waals surface area contributed by atoms with Gasteiger partial charge in [-0.2, -0.15) is 0 Å². The van der Waals surface area contributed by atoms with Crippen LogP contribution >= 0.6 is 67.8 Å². The zero-order valence-corrected chi connectivity index (χ0v) is 18.9. The fraction of sp³-hybridized carbons (Fsp3) is 0. The summed E-state index contributed by atoms with van der Waals surface area (Å²) in [7, 11) is -3.55. The summed E-state index contributed by atoms with van der Waals surface area (Å²) in [6.07, 6.45) is 0. The molecule has 0 bridgehead atoms. The van der Waals surface area contributed by atoms with Gasteiger partial charge in [0.1, 0.15) is 4.90 Å². The Morgan fingerprint density at radius 1 is 1.08 bits per heavy atom. The number of carbonyl (C=O) groups excluding carboxylic acids is 1. The lowest BCUT2D eigenvalue weighted by molar-refractivity contribution is 0.0695. The number of halogens is 3. The molecule has 0 fully saturated rings. The predicted octanol–water partition coefficient (Wildman–Crippen LogP) is 3.32. The Bertz CT molecular complexity index is 943. The van der Waals surface area contributed by atoms with E-state index in [0.717, 1.165) is 10.7 Å². The largest absolute Gasteiger partial charge is 0.478 e. The second-order valence-electron chi connectivity index (χ2n) is 4.49. The lowest BCUT2D eigenvalue weighted by atomic mass is 10.2. The van der Waals surface area contributed by atoms with Gasteiger partial charge in [0.25, 0.3) is 15.9 Å². The maximum absolute atomic E-state index is 11.1. The first-order chi connectivity index (χ1) is 11.1. The fourth-order valence-electron chi connectivity index (χ4n) is 1.83. The molecule has 24 heavy (non-hydrogen) atoms. The second-order valence-corrected chi connectivity index (χ2v) is 9.62. The van der Waals surface area contributed by atoms with Crippen LogP contribution in [0.2, 0.25) is 0 Å². The number of hydrogen-bond acceptors (Lipinski definition) is 4. The highest BCUT2D eigenvalue weighted by atomic mass is 127. The summed E-state index contributed by atoms with van der Waals surface area (Å²) in [5, 5.41) is 8.80. The van der Waals surface area contributed by atoms with E-state index in [2.05, 4.69) is 45.2 Å². The number of benzene rings is 2. The van der Waals surface area contributed by atoms with Crippen molar-refractivity contribution in [2.75, 3.05) is 0 Å². The molecule has 1 heterocycles. The minimum absolute atomic E-state index is 0.0648. The molecule has 0 aromatic heterocycles. The van der Waals surface area contributed by atoms with Crippen molar-refractivity contribution in [2.45, 2.75) is 4.90 Å². The van der Waals surface area contributed by atoms with E-state index < -0.39 is 21.9 Å². The first kappa shape index (κ1) is 19.8. The van der Waals surface area contributed by atoms with Crippen molar-refractivity contribution in [1.29, 1.82) is 0 Å². The van der Waals surface area contributed by atoms with Crippen molar-refractivity contribution in [2.24, 2.45) is 0 Å². The van der Waals surface area contributed by atoms with E-state index in [-0.39, 0.29) is 10.5 Å². The number of aromatic carboxylic acids is 1. The number of rotatable bonds is 1. The van der Waals surface area contributed by atoms with Crippen LogP contribution in [0, 0.1) is 10.7 Å². The summed E-state index contributed by atoms with van der Waals surface area (Å²) in [6, 6.07) is 9.72. The molecule has 2 aromatic carbocycles. The van der Waals surface area contributed by atoms with Crippen LogP contribution in [0.4, 0.5) is 0 Å². The molecule has 3 rings (SSSR count). The third kappa shape index (κ3) is 4.37. The molecule has 6 nitrogen and oxygen atoms in total. The molecule has 1 amide bonds. The molecule has 0 saturated heterocycles. The molecule has 10 heteroatoms. The highest BCUT2D eigenvalue weighted by molar-refractivity contribution is 14.1. The molecular formula is C14H8I3NO5S. The fourth-order valence-corrected chi connectivity index (χ4v) is 5.39. The molecule has 0 radical (unpaired) electrons. The van der Waals surface area contributed by atoms with E-state index in [1.165, 1.54) is 12.1 Å². The molecule has 0 saturated carbocycles. The van der Waals surface area contributed by atoms with Crippen LogP contribution < -0.4 is 4.72 Å². The zero-order chi connectivity index (χ0) is 18.1. The van der Waals surface area contributed by atoms with Gasteiger partial charge in [0.2, 0.25) is 0 Å². The topological polar surface area (TPSA) is 101 Å². The normalized spacial score (nSPS) is 14.2. The quantitative estimate of drug-likeness (QED) is 0.356. The van der Waals surface area contributed by atoms with Gasteiger partial charge >= 0.3 is 5.97 Å². The van der Waals surface area contributed by atoms with Crippen molar-refractivity contribution < 1.29 is 23.1 Å². The second kappa shape index (κ2) is 7.82. The molecular weight excluding hydrogens is 675 g/mol. The Labute approximate surface area is 178 Å². The molecule has 1 aliphatic heterocycles. The summed E-state index contributed by atoms with van der Waals surface area (Å²) in [4.78, 5) is 21.8. The molecule has 0 unspecified atom stereocenters. The Morgan fingerprint density at radius 3 is 2.29 bits per heavy atom. The molecule has 0 atom stereocenters. The van der Waals surface area contributed by atoms with E-state index in [1.807, 2.05) is 33.4 Å². The number of amides is 1. The minimum Gasteiger partial charge on any atom is -0.478 e. The standard InChI is InChI=1S/C7H3I3O2.C7H5NO3S/c8-3-1-4(7(11)12)6(10)5(9)2-3;9-7-5-3-1-2-4-6(5)12(10,11)8-7/h1-2H,(H,11,12);1-4H,(H,8,9). The van der Waals surface area contributed by atoms with Gasteiger partial charge in [-0.3, -0.25) is 4.79 Å². The van der Waals surface area contributed by atoms with Crippen LogP contribution in [0.3, 0.4) is 0 Å². The van der Waals surface area contributed by atoms with Gasteiger partial charge in [-0.15, -0.1) is 0 Å². The van der Waals surface area contributed by atoms with Gasteiger partial charge in [0.05, 0.1) is 11.1 Å². The van der Waals surface area contributed by atoms with Crippen LogP contribution in [0.15, 0.2) is 41.3 Å². The monoisotopic (exact) mass is 683 g/mol. The average molecular weight is 683 g/mol. The maximum atomic E-state index is 11.1. The van der Waals surface area contributed by atoms with E-state index in [9.17, 15) is 18.0 Å². The Kier molecular flexibility index (Phi) is 6.46. The average Bonchev–Trinajstić information content (AvgIpc) is 2.74. The first-order valence-electron chi connectivity index (χ1n) is 6.17. The van der Waals surface area contributed by atoms with Crippen LogP contribution in [-0.4, -0.2) is 25.4 Å². The third-order valence-electron chi connectivity index (χ3n) is 2.87. The number of carbonyl (C=O) groups is 2. The van der Waals surface area contributed by atoms with E-state index in [4.69, 9.17) is 5.11 Å². The summed E-state index contributed by atoms with van der Waals surface area (Å²) >= 11 is 6.29. The molecule has 2 N–H and O–H groups in total. The number of carboxylic acid groups (broad SMARTS) is 1. The van der Waals surface area contributed by atoms with Gasteiger partial charge < -0.3 is 5.11 Å². The molecule has 126 valence electrons. The third-order valence-corrected chi connectivity index (χ3v) is 7.93. The van der Waals surface area contributed by atoms with E-state index in [0.29, 0.717) is 5.56 Å². The molecule has 0 spiro atoms. The summed E-state index contributed by atoms with van der Waals surface area (Å²) in [5.74, 6) is -1.42. The van der Waals surface area contributed by atoms with Crippen molar-refractivity contribution in [3.05, 3.63) is 58.2 Å². The predicted molar refractivity (Wildman–Crippen MR) is 113 cm³/mol. The van der Waals surface area contributed by atoms with Crippen LogP contribution in [-0.2, 0) is 10.0 Å². The first-order valence-corrected chi connectivity index (χ1v) is 10.9. The number of hydrogen-bond donors (Lipinski definition) is 2. The van der Waals surface area contributed by atoms with Gasteiger partial charge in [-0.1, -0.05) is 12.1 Å². The Hall–Kier alpha value is -0.480. The number of carboxylic acids is 1. The summed E-state index contributed by atoms with van der Waals surface area (Å²) in [5.41, 5.74) is 0.601. The summed E-state index contributed by atoms with van der Waals surface area (Å²) < 4.78 is 26.9. The van der Waals surface area contributed by atoms with Gasteiger partial charge in [-0.25, -0.2) is 17.9 Å². The Balaban J connectivity index is 0.000000174. The number of nitrogens with one attached hydrogen (secondary N) is 1. The summed E-state index contributed by atoms with van der Waals surface area (Å²) in [6.45, 7) is 0. The highest BCUT2D eigenvalue weighted by Gasteiger charge is 2.31. The van der Waals surface area contributed by atoms with Crippen LogP contribution in [0.5, 0.6) is 0 Å². The number of fused-ring (bicyclic) bond motifs is 1. The Morgan fingerprint density at radius 2 is 1.71 bits per heavy atom. The van der Waals surface area contributed by atoms with Gasteiger partial charge in [0, 0.05) is 10.7 Å². The van der Waals surface area contributed by atoms with E-state index in [1.54, 1.807) is 18.2 Å². The van der Waals surface area contributed by atoms with Crippen LogP contribution in [0.1, 0.15) is 20.7 Å². The van der Waals surface area contributed by atoms with E-state index >= 15 is 0 Å². The lowest BCUT2D eigenvalue weighted by Crippen LogP contribution is -2.20. The van der Waals surface area contributed by atoms with Gasteiger partial charge in [0.15, 0.2) is 0 Å². The highest BCUT2D eigenvalue weighted by Crippen LogP contribution is 2.22. The van der Waals surface area contributed by atoms with Crippen molar-refractivity contribution >= 4 is 89.7 Å². The van der Waals surface area contributed by atoms with Gasteiger partial charge in [-0.05, 0) is 92.0 Å². The zero-order valence-electron chi connectivity index (χ0n) is 11.6. The van der Waals surface area contributed by atoms with Crippen LogP contribution in [0.25, 0.3) is 0 Å². The number of sulfonamides is 1. The lowest BCUT2D eigenvalue weighted by Gasteiger charge is -2.02. The molecule has 0 aliphatic carbocycles. The smallest absolute Gasteiger partial charge is 0.336 e. The SMILES string of the molecule is O=C(O)c1cc(I)cc(I)c1I.O=C1NS(=O)(=O)c2ccccc21. The van der Waals surface area contributed by atoms with Crippen molar-refractivity contribution in [3.8, 4) is 0 Å². The van der Waals surface area contributed by atoms with Crippen molar-refractivity contribution in [3.63, 3.8) is 0 Å². The molecule has 1 aliphatic rings. The van der Waals surface area contributed by atoms with Crippen molar-refractivity contribution in [1.82, 2.24) is 4.72 Å². The maximum Gasteiger partial charge on any atom is 0.336 e.